The van der Waals surface area contributed by atoms with E-state index in [2.05, 4.69) is 15.9 Å². The maximum Gasteiger partial charge on any atom is 0.409 e. The Morgan fingerprint density at radius 1 is 1.77 bits per heavy atom. The van der Waals surface area contributed by atoms with Crippen molar-refractivity contribution in [1.82, 2.24) is 4.90 Å². The van der Waals surface area contributed by atoms with Crippen molar-refractivity contribution >= 4 is 22.0 Å². The Balaban J connectivity index is 2.40. The van der Waals surface area contributed by atoms with Crippen LogP contribution in [0.2, 0.25) is 0 Å². The van der Waals surface area contributed by atoms with Crippen LogP contribution < -0.4 is 0 Å². The van der Waals surface area contributed by atoms with Crippen LogP contribution in [-0.2, 0) is 4.74 Å². The molecule has 76 valence electrons. The number of ether oxygens (including phenoxy) is 1. The number of piperidine rings is 1. The lowest BCUT2D eigenvalue weighted by Crippen LogP contribution is -2.47. The van der Waals surface area contributed by atoms with Gasteiger partial charge in [0.2, 0.25) is 0 Å². The van der Waals surface area contributed by atoms with Crippen LogP contribution in [0.15, 0.2) is 0 Å². The third-order valence-electron chi connectivity index (χ3n) is 2.03. The van der Waals surface area contributed by atoms with Gasteiger partial charge in [-0.2, -0.15) is 0 Å². The molecular formula is C8H14BrNO3. The van der Waals surface area contributed by atoms with Crippen LogP contribution in [0.1, 0.15) is 13.3 Å². The minimum atomic E-state index is -0.488. The quantitative estimate of drug-likeness (QED) is 0.707. The summed E-state index contributed by atoms with van der Waals surface area (Å²) in [6.07, 6.45) is -0.0564. The summed E-state index contributed by atoms with van der Waals surface area (Å²) in [4.78, 5) is 12.9. The first-order valence-corrected chi connectivity index (χ1v) is 5.30. The lowest BCUT2D eigenvalue weighted by atomic mass is 10.1. The summed E-state index contributed by atoms with van der Waals surface area (Å²) < 4.78 is 4.83. The molecule has 1 fully saturated rings. The van der Waals surface area contributed by atoms with Crippen LogP contribution in [0.5, 0.6) is 0 Å². The van der Waals surface area contributed by atoms with Gasteiger partial charge in [0.05, 0.1) is 19.3 Å². The van der Waals surface area contributed by atoms with E-state index in [1.54, 1.807) is 6.92 Å². The number of nitrogens with zero attached hydrogens (tertiary/aromatic N) is 1. The Bertz CT molecular complexity index is 188. The topological polar surface area (TPSA) is 49.8 Å². The SMILES string of the molecule is CCOC(=O)N1CC[C@H](Br)[C@H](O)C1. The molecule has 0 saturated carbocycles. The lowest BCUT2D eigenvalue weighted by molar-refractivity contribution is 0.0556. The molecule has 0 bridgehead atoms. The van der Waals surface area contributed by atoms with Crippen molar-refractivity contribution in [2.45, 2.75) is 24.3 Å². The second-order valence-corrected chi connectivity index (χ2v) is 4.19. The van der Waals surface area contributed by atoms with Crippen LogP contribution in [0.25, 0.3) is 0 Å². The zero-order valence-corrected chi connectivity index (χ0v) is 9.16. The van der Waals surface area contributed by atoms with Crippen molar-refractivity contribution in [1.29, 1.82) is 0 Å². The van der Waals surface area contributed by atoms with Gasteiger partial charge in [-0.05, 0) is 13.3 Å². The van der Waals surface area contributed by atoms with E-state index in [9.17, 15) is 9.90 Å². The average molecular weight is 252 g/mol. The predicted molar refractivity (Wildman–Crippen MR) is 51.9 cm³/mol. The highest BCUT2D eigenvalue weighted by Gasteiger charge is 2.28. The number of β-amino-alcohol motifs (C(OH)–C–C–N with tert-alkyl or cyclic N) is 1. The van der Waals surface area contributed by atoms with E-state index < -0.39 is 6.10 Å². The molecule has 4 nitrogen and oxygen atoms in total. The molecule has 1 aliphatic rings. The summed E-state index contributed by atoms with van der Waals surface area (Å²) in [7, 11) is 0. The van der Waals surface area contributed by atoms with Gasteiger partial charge in [-0.25, -0.2) is 4.79 Å². The first kappa shape index (κ1) is 10.8. The monoisotopic (exact) mass is 251 g/mol. The molecule has 1 rings (SSSR count). The molecule has 0 unspecified atom stereocenters. The van der Waals surface area contributed by atoms with Gasteiger partial charge in [-0.3, -0.25) is 0 Å². The van der Waals surface area contributed by atoms with E-state index in [1.807, 2.05) is 0 Å². The Kier molecular flexibility index (Phi) is 3.99. The number of carbonyl (C=O) groups is 1. The Morgan fingerprint density at radius 3 is 3.00 bits per heavy atom. The minimum Gasteiger partial charge on any atom is -0.450 e. The maximum absolute atomic E-state index is 11.2. The van der Waals surface area contributed by atoms with Crippen molar-refractivity contribution < 1.29 is 14.6 Å². The van der Waals surface area contributed by atoms with Gasteiger partial charge in [0.1, 0.15) is 0 Å². The number of carbonyl (C=O) groups excluding carboxylic acids is 1. The fourth-order valence-electron chi connectivity index (χ4n) is 1.28. The molecule has 1 N–H and O–H groups in total. The summed E-state index contributed by atoms with van der Waals surface area (Å²) in [5.41, 5.74) is 0. The molecule has 1 amide bonds. The normalized spacial score (nSPS) is 28.7. The van der Waals surface area contributed by atoms with Crippen molar-refractivity contribution in [2.24, 2.45) is 0 Å². The molecule has 1 saturated heterocycles. The smallest absolute Gasteiger partial charge is 0.409 e. The van der Waals surface area contributed by atoms with E-state index >= 15 is 0 Å². The standard InChI is InChI=1S/C8H14BrNO3/c1-2-13-8(12)10-4-3-6(9)7(11)5-10/h6-7,11H,2-5H2,1H3/t6-,7+/m0/s1. The van der Waals surface area contributed by atoms with Crippen molar-refractivity contribution in [3.63, 3.8) is 0 Å². The Labute approximate surface area is 86.0 Å². The Hall–Kier alpha value is -0.290. The fourth-order valence-corrected chi connectivity index (χ4v) is 1.66. The second-order valence-electron chi connectivity index (χ2n) is 3.02. The van der Waals surface area contributed by atoms with Crippen LogP contribution >= 0.6 is 15.9 Å². The molecule has 2 atom stereocenters. The maximum atomic E-state index is 11.2. The van der Waals surface area contributed by atoms with Gasteiger partial charge < -0.3 is 14.7 Å². The molecule has 0 aromatic rings. The molecule has 0 aromatic heterocycles. The second kappa shape index (κ2) is 4.81. The Morgan fingerprint density at radius 2 is 2.46 bits per heavy atom. The van der Waals surface area contributed by atoms with Gasteiger partial charge in [0.15, 0.2) is 0 Å². The molecule has 1 aliphatic heterocycles. The van der Waals surface area contributed by atoms with Gasteiger partial charge in [-0.1, -0.05) is 15.9 Å². The highest BCUT2D eigenvalue weighted by Crippen LogP contribution is 2.18. The third kappa shape index (κ3) is 2.84. The van der Waals surface area contributed by atoms with Gasteiger partial charge >= 0.3 is 6.09 Å². The predicted octanol–water partition coefficient (Wildman–Crippen LogP) is 0.973. The number of alkyl halides is 1. The van der Waals surface area contributed by atoms with Crippen molar-refractivity contribution in [3.05, 3.63) is 0 Å². The number of aliphatic hydroxyl groups is 1. The van der Waals surface area contributed by atoms with Crippen LogP contribution in [0, 0.1) is 0 Å². The van der Waals surface area contributed by atoms with E-state index in [-0.39, 0.29) is 10.9 Å². The highest BCUT2D eigenvalue weighted by molar-refractivity contribution is 9.09. The number of hydrogen-bond donors (Lipinski definition) is 1. The number of rotatable bonds is 1. The van der Waals surface area contributed by atoms with E-state index in [1.165, 1.54) is 4.90 Å². The first-order chi connectivity index (χ1) is 6.15. The number of hydrogen-bond acceptors (Lipinski definition) is 3. The molecule has 0 aromatic carbocycles. The summed E-state index contributed by atoms with van der Waals surface area (Å²) >= 11 is 3.34. The van der Waals surface area contributed by atoms with E-state index in [4.69, 9.17) is 4.74 Å². The van der Waals surface area contributed by atoms with Gasteiger partial charge in [0, 0.05) is 11.4 Å². The van der Waals surface area contributed by atoms with Crippen molar-refractivity contribution in [3.8, 4) is 0 Å². The van der Waals surface area contributed by atoms with Crippen LogP contribution in [0.4, 0.5) is 4.79 Å². The molecule has 0 radical (unpaired) electrons. The number of aliphatic hydroxyl groups excluding tert-OH is 1. The van der Waals surface area contributed by atoms with Crippen LogP contribution in [-0.4, -0.2) is 46.7 Å². The average Bonchev–Trinajstić information content (AvgIpc) is 2.10. The first-order valence-electron chi connectivity index (χ1n) is 4.39. The molecule has 5 heteroatoms. The summed E-state index contributed by atoms with van der Waals surface area (Å²) in [6, 6.07) is 0. The zero-order chi connectivity index (χ0) is 9.84. The summed E-state index contributed by atoms with van der Waals surface area (Å²) in [5.74, 6) is 0. The number of amides is 1. The largest absolute Gasteiger partial charge is 0.450 e. The molecule has 0 spiro atoms. The number of halogens is 1. The minimum absolute atomic E-state index is 0.0955. The highest BCUT2D eigenvalue weighted by atomic mass is 79.9. The summed E-state index contributed by atoms with van der Waals surface area (Å²) in [6.45, 7) is 3.15. The van der Waals surface area contributed by atoms with E-state index in [0.717, 1.165) is 6.42 Å². The van der Waals surface area contributed by atoms with Gasteiger partial charge in [-0.15, -0.1) is 0 Å². The van der Waals surface area contributed by atoms with Crippen LogP contribution in [0.3, 0.4) is 0 Å². The lowest BCUT2D eigenvalue weighted by Gasteiger charge is -2.32. The fraction of sp³-hybridized carbons (Fsp3) is 0.875. The molecule has 13 heavy (non-hydrogen) atoms. The molecule has 1 heterocycles. The molecular weight excluding hydrogens is 238 g/mol. The van der Waals surface area contributed by atoms with E-state index in [0.29, 0.717) is 19.7 Å². The van der Waals surface area contributed by atoms with Gasteiger partial charge in [0.25, 0.3) is 0 Å². The summed E-state index contributed by atoms with van der Waals surface area (Å²) in [5, 5.41) is 9.47. The van der Waals surface area contributed by atoms with Crippen molar-refractivity contribution in [2.75, 3.05) is 19.7 Å². The zero-order valence-electron chi connectivity index (χ0n) is 7.57. The third-order valence-corrected chi connectivity index (χ3v) is 3.09. The molecule has 0 aliphatic carbocycles. The number of likely N-dealkylation sites (tertiary alicyclic amines) is 1.